The third kappa shape index (κ3) is 4.61. The number of hydrogen-bond acceptors (Lipinski definition) is 4. The minimum atomic E-state index is 0.627. The molecule has 124 valence electrons. The van der Waals surface area contributed by atoms with Gasteiger partial charge in [-0.05, 0) is 72.5 Å². The molecule has 0 radical (unpaired) electrons. The Labute approximate surface area is 142 Å². The van der Waals surface area contributed by atoms with Crippen molar-refractivity contribution in [1.82, 2.24) is 10.2 Å². The Kier molecular flexibility index (Phi) is 6.99. The van der Waals surface area contributed by atoms with E-state index in [1.807, 2.05) is 6.92 Å². The first-order valence-electron chi connectivity index (χ1n) is 8.10. The van der Waals surface area contributed by atoms with Crippen molar-refractivity contribution in [1.29, 1.82) is 0 Å². The fraction of sp³-hybridized carbons (Fsp3) is 0.647. The average Bonchev–Trinajstić information content (AvgIpc) is 2.97. The predicted molar refractivity (Wildman–Crippen MR) is 93.8 cm³/mol. The minimum absolute atomic E-state index is 0.627. The third-order valence-corrected chi connectivity index (χ3v) is 4.75. The van der Waals surface area contributed by atoms with E-state index in [4.69, 9.17) is 9.47 Å². The van der Waals surface area contributed by atoms with Crippen molar-refractivity contribution in [3.05, 3.63) is 22.2 Å². The molecule has 1 aromatic carbocycles. The summed E-state index contributed by atoms with van der Waals surface area (Å²) < 4.78 is 12.0. The molecular formula is C17H27BrN2O2. The lowest BCUT2D eigenvalue weighted by Crippen LogP contribution is -2.26. The zero-order chi connectivity index (χ0) is 15.9. The van der Waals surface area contributed by atoms with Gasteiger partial charge >= 0.3 is 0 Å². The molecule has 1 fully saturated rings. The van der Waals surface area contributed by atoms with Crippen LogP contribution < -0.4 is 14.8 Å². The quantitative estimate of drug-likeness (QED) is 0.761. The first-order valence-corrected chi connectivity index (χ1v) is 8.89. The number of nitrogens with zero attached hydrogens (tertiary/aromatic N) is 1. The second kappa shape index (κ2) is 8.75. The van der Waals surface area contributed by atoms with Crippen LogP contribution in [-0.4, -0.2) is 44.8 Å². The zero-order valence-corrected chi connectivity index (χ0v) is 15.4. The van der Waals surface area contributed by atoms with Gasteiger partial charge in [0.05, 0.1) is 18.2 Å². The second-order valence-corrected chi connectivity index (χ2v) is 6.58. The topological polar surface area (TPSA) is 33.7 Å². The summed E-state index contributed by atoms with van der Waals surface area (Å²) in [6.07, 6.45) is 1.30. The van der Waals surface area contributed by atoms with Gasteiger partial charge in [0.25, 0.3) is 0 Å². The van der Waals surface area contributed by atoms with Crippen LogP contribution in [0.3, 0.4) is 0 Å². The molecule has 1 N–H and O–H groups in total. The van der Waals surface area contributed by atoms with Gasteiger partial charge in [-0.2, -0.15) is 0 Å². The molecule has 1 aliphatic heterocycles. The Morgan fingerprint density at radius 1 is 1.36 bits per heavy atom. The summed E-state index contributed by atoms with van der Waals surface area (Å²) in [5.41, 5.74) is 1.21. The Balaban J connectivity index is 1.89. The SMILES string of the molecule is CCOc1c(Br)cc(CNC[C@@H]2CCN(CC)C2)cc1OC. The van der Waals surface area contributed by atoms with E-state index in [0.29, 0.717) is 6.61 Å². The van der Waals surface area contributed by atoms with Crippen molar-refractivity contribution in [3.63, 3.8) is 0 Å². The zero-order valence-electron chi connectivity index (χ0n) is 13.8. The van der Waals surface area contributed by atoms with E-state index in [-0.39, 0.29) is 0 Å². The van der Waals surface area contributed by atoms with Crippen LogP contribution in [-0.2, 0) is 6.54 Å². The fourth-order valence-electron chi connectivity index (χ4n) is 2.95. The molecule has 4 nitrogen and oxygen atoms in total. The predicted octanol–water partition coefficient (Wildman–Crippen LogP) is 3.29. The van der Waals surface area contributed by atoms with E-state index in [2.05, 4.69) is 45.2 Å². The highest BCUT2D eigenvalue weighted by molar-refractivity contribution is 9.10. The molecule has 1 saturated heterocycles. The van der Waals surface area contributed by atoms with Gasteiger partial charge in [-0.1, -0.05) is 6.92 Å². The summed E-state index contributed by atoms with van der Waals surface area (Å²) >= 11 is 3.58. The lowest BCUT2D eigenvalue weighted by atomic mass is 10.1. The molecule has 22 heavy (non-hydrogen) atoms. The van der Waals surface area contributed by atoms with Gasteiger partial charge < -0.3 is 19.7 Å². The number of methoxy groups -OCH3 is 1. The minimum Gasteiger partial charge on any atom is -0.493 e. The summed E-state index contributed by atoms with van der Waals surface area (Å²) in [4.78, 5) is 2.52. The largest absolute Gasteiger partial charge is 0.493 e. The van der Waals surface area contributed by atoms with Crippen molar-refractivity contribution in [2.75, 3.05) is 39.9 Å². The van der Waals surface area contributed by atoms with Gasteiger partial charge in [0, 0.05) is 13.1 Å². The number of hydrogen-bond donors (Lipinski definition) is 1. The first-order chi connectivity index (χ1) is 10.7. The van der Waals surface area contributed by atoms with E-state index in [1.165, 1.54) is 31.6 Å². The van der Waals surface area contributed by atoms with Crippen LogP contribution in [0.4, 0.5) is 0 Å². The highest BCUT2D eigenvalue weighted by atomic mass is 79.9. The second-order valence-electron chi connectivity index (χ2n) is 5.72. The number of nitrogens with one attached hydrogen (secondary N) is 1. The van der Waals surface area contributed by atoms with Crippen LogP contribution in [0.25, 0.3) is 0 Å². The molecule has 0 amide bonds. The van der Waals surface area contributed by atoms with Gasteiger partial charge in [-0.3, -0.25) is 0 Å². The molecule has 0 spiro atoms. The van der Waals surface area contributed by atoms with E-state index in [9.17, 15) is 0 Å². The number of benzene rings is 1. The van der Waals surface area contributed by atoms with Crippen LogP contribution >= 0.6 is 15.9 Å². The monoisotopic (exact) mass is 370 g/mol. The van der Waals surface area contributed by atoms with Crippen LogP contribution in [0, 0.1) is 5.92 Å². The number of rotatable bonds is 8. The van der Waals surface area contributed by atoms with Crippen LogP contribution in [0.15, 0.2) is 16.6 Å². The van der Waals surface area contributed by atoms with E-state index in [0.717, 1.165) is 35.0 Å². The number of likely N-dealkylation sites (tertiary alicyclic amines) is 1. The Morgan fingerprint density at radius 2 is 2.18 bits per heavy atom. The molecule has 0 unspecified atom stereocenters. The standard InChI is InChI=1S/C17H27BrN2O2/c1-4-20-7-6-13(12-20)10-19-11-14-8-15(18)17(22-5-2)16(9-14)21-3/h8-9,13,19H,4-7,10-12H2,1-3H3/t13-/m0/s1. The molecule has 1 aromatic rings. The highest BCUT2D eigenvalue weighted by Crippen LogP contribution is 2.36. The normalized spacial score (nSPS) is 18.6. The summed E-state index contributed by atoms with van der Waals surface area (Å²) in [6.45, 7) is 10.4. The molecule has 1 aliphatic rings. The van der Waals surface area contributed by atoms with Crippen molar-refractivity contribution in [3.8, 4) is 11.5 Å². The summed E-state index contributed by atoms with van der Waals surface area (Å²) in [6, 6.07) is 4.16. The molecule has 0 aromatic heterocycles. The molecule has 1 atom stereocenters. The van der Waals surface area contributed by atoms with Crippen LogP contribution in [0.1, 0.15) is 25.8 Å². The first kappa shape index (κ1) is 17.6. The molecule has 0 aliphatic carbocycles. The fourth-order valence-corrected chi connectivity index (χ4v) is 3.55. The third-order valence-electron chi connectivity index (χ3n) is 4.16. The molecular weight excluding hydrogens is 344 g/mol. The van der Waals surface area contributed by atoms with Crippen molar-refractivity contribution in [2.45, 2.75) is 26.8 Å². The smallest absolute Gasteiger partial charge is 0.175 e. The van der Waals surface area contributed by atoms with Crippen molar-refractivity contribution in [2.24, 2.45) is 5.92 Å². The van der Waals surface area contributed by atoms with E-state index < -0.39 is 0 Å². The van der Waals surface area contributed by atoms with Crippen LogP contribution in [0.2, 0.25) is 0 Å². The Morgan fingerprint density at radius 3 is 2.82 bits per heavy atom. The number of ether oxygens (including phenoxy) is 2. The van der Waals surface area contributed by atoms with Gasteiger partial charge in [-0.25, -0.2) is 0 Å². The molecule has 5 heteroatoms. The Bertz CT molecular complexity index is 482. The number of halogens is 1. The Hall–Kier alpha value is -0.780. The summed E-state index contributed by atoms with van der Waals surface area (Å²) in [5.74, 6) is 2.34. The maximum Gasteiger partial charge on any atom is 0.175 e. The van der Waals surface area contributed by atoms with E-state index in [1.54, 1.807) is 7.11 Å². The van der Waals surface area contributed by atoms with Gasteiger partial charge in [0.15, 0.2) is 11.5 Å². The molecule has 2 rings (SSSR count). The molecule has 0 bridgehead atoms. The van der Waals surface area contributed by atoms with Gasteiger partial charge in [0.2, 0.25) is 0 Å². The highest BCUT2D eigenvalue weighted by Gasteiger charge is 2.20. The lowest BCUT2D eigenvalue weighted by Gasteiger charge is -2.15. The van der Waals surface area contributed by atoms with Crippen LogP contribution in [0.5, 0.6) is 11.5 Å². The van der Waals surface area contributed by atoms with Gasteiger partial charge in [-0.15, -0.1) is 0 Å². The lowest BCUT2D eigenvalue weighted by molar-refractivity contribution is 0.308. The maximum atomic E-state index is 5.63. The van der Waals surface area contributed by atoms with Gasteiger partial charge in [0.1, 0.15) is 0 Å². The molecule has 1 heterocycles. The van der Waals surface area contributed by atoms with Crippen molar-refractivity contribution < 1.29 is 9.47 Å². The average molecular weight is 371 g/mol. The maximum absolute atomic E-state index is 5.63. The van der Waals surface area contributed by atoms with Crippen molar-refractivity contribution >= 4 is 15.9 Å². The summed E-state index contributed by atoms with van der Waals surface area (Å²) in [5, 5.41) is 3.57. The molecule has 0 saturated carbocycles. The van der Waals surface area contributed by atoms with E-state index >= 15 is 0 Å². The summed E-state index contributed by atoms with van der Waals surface area (Å²) in [7, 11) is 1.68.